The van der Waals surface area contributed by atoms with Crippen molar-refractivity contribution in [1.82, 2.24) is 25.7 Å². The van der Waals surface area contributed by atoms with Gasteiger partial charge in [-0.2, -0.15) is 4.80 Å². The minimum Gasteiger partial charge on any atom is -0.273 e. The predicted octanol–water partition coefficient (Wildman–Crippen LogP) is 1.09. The van der Waals surface area contributed by atoms with Gasteiger partial charge in [0, 0.05) is 6.42 Å². The van der Waals surface area contributed by atoms with Crippen molar-refractivity contribution in [2.45, 2.75) is 32.4 Å². The molecular formula is C13H17N5O2. The van der Waals surface area contributed by atoms with Gasteiger partial charge < -0.3 is 0 Å². The van der Waals surface area contributed by atoms with Gasteiger partial charge in [-0.25, -0.2) is 5.48 Å². The Morgan fingerprint density at radius 2 is 2.10 bits per heavy atom. The van der Waals surface area contributed by atoms with Crippen LogP contribution in [-0.4, -0.2) is 26.1 Å². The van der Waals surface area contributed by atoms with Gasteiger partial charge in [0.25, 0.3) is 0 Å². The molecule has 0 saturated carbocycles. The van der Waals surface area contributed by atoms with Crippen LogP contribution in [0.5, 0.6) is 0 Å². The molecule has 0 bridgehead atoms. The first kappa shape index (κ1) is 14.1. The van der Waals surface area contributed by atoms with Gasteiger partial charge in [-0.05, 0) is 23.6 Å². The Morgan fingerprint density at radius 3 is 2.85 bits per heavy atom. The molecule has 1 amide bonds. The SMILES string of the molecule is O=C(CCCCn1ncnn1)NOCc1ccccc1. The third kappa shape index (κ3) is 5.15. The van der Waals surface area contributed by atoms with Crippen LogP contribution < -0.4 is 5.48 Å². The fraction of sp³-hybridized carbons (Fsp3) is 0.385. The summed E-state index contributed by atoms with van der Waals surface area (Å²) in [4.78, 5) is 18.2. The normalized spacial score (nSPS) is 10.4. The molecule has 0 aliphatic carbocycles. The largest absolute Gasteiger partial charge is 0.273 e. The van der Waals surface area contributed by atoms with Crippen LogP contribution in [0.15, 0.2) is 36.7 Å². The minimum atomic E-state index is -0.118. The summed E-state index contributed by atoms with van der Waals surface area (Å²) >= 11 is 0. The lowest BCUT2D eigenvalue weighted by molar-refractivity contribution is -0.134. The lowest BCUT2D eigenvalue weighted by Gasteiger charge is -2.05. The number of benzene rings is 1. The molecule has 0 aliphatic rings. The van der Waals surface area contributed by atoms with Crippen LogP contribution in [0.2, 0.25) is 0 Å². The van der Waals surface area contributed by atoms with E-state index in [2.05, 4.69) is 20.9 Å². The molecule has 0 saturated heterocycles. The zero-order valence-corrected chi connectivity index (χ0v) is 11.1. The van der Waals surface area contributed by atoms with Gasteiger partial charge >= 0.3 is 0 Å². The lowest BCUT2D eigenvalue weighted by Crippen LogP contribution is -2.23. The number of rotatable bonds is 8. The van der Waals surface area contributed by atoms with E-state index in [1.807, 2.05) is 30.3 Å². The van der Waals surface area contributed by atoms with Crippen LogP contribution >= 0.6 is 0 Å². The van der Waals surface area contributed by atoms with Gasteiger partial charge in [0.1, 0.15) is 0 Å². The topological polar surface area (TPSA) is 81.9 Å². The molecule has 1 heterocycles. The molecular weight excluding hydrogens is 258 g/mol. The number of nitrogens with one attached hydrogen (secondary N) is 1. The van der Waals surface area contributed by atoms with E-state index in [0.29, 0.717) is 19.6 Å². The summed E-state index contributed by atoms with van der Waals surface area (Å²) < 4.78 is 0. The highest BCUT2D eigenvalue weighted by Crippen LogP contribution is 2.00. The molecule has 1 aromatic heterocycles. The maximum atomic E-state index is 11.5. The number of aromatic nitrogens is 4. The summed E-state index contributed by atoms with van der Waals surface area (Å²) in [7, 11) is 0. The van der Waals surface area contributed by atoms with Gasteiger partial charge in [0.05, 0.1) is 13.2 Å². The number of carbonyl (C=O) groups excluding carboxylic acids is 1. The van der Waals surface area contributed by atoms with Crippen LogP contribution in [0.3, 0.4) is 0 Å². The monoisotopic (exact) mass is 275 g/mol. The third-order valence-corrected chi connectivity index (χ3v) is 2.67. The predicted molar refractivity (Wildman–Crippen MR) is 71.0 cm³/mol. The molecule has 1 N–H and O–H groups in total. The summed E-state index contributed by atoms with van der Waals surface area (Å²) in [5, 5.41) is 11.2. The number of aryl methyl sites for hydroxylation is 1. The van der Waals surface area contributed by atoms with Crippen LogP contribution in [0.4, 0.5) is 0 Å². The fourth-order valence-corrected chi connectivity index (χ4v) is 1.65. The maximum absolute atomic E-state index is 11.5. The van der Waals surface area contributed by atoms with E-state index in [0.717, 1.165) is 18.4 Å². The summed E-state index contributed by atoms with van der Waals surface area (Å²) in [6, 6.07) is 9.68. The summed E-state index contributed by atoms with van der Waals surface area (Å²) in [5.41, 5.74) is 3.45. The summed E-state index contributed by atoms with van der Waals surface area (Å²) in [5.74, 6) is -0.118. The summed E-state index contributed by atoms with van der Waals surface area (Å²) in [6.07, 6.45) is 3.39. The van der Waals surface area contributed by atoms with E-state index in [-0.39, 0.29) is 5.91 Å². The molecule has 7 nitrogen and oxygen atoms in total. The first-order chi connectivity index (χ1) is 9.84. The van der Waals surface area contributed by atoms with Crippen molar-refractivity contribution in [3.63, 3.8) is 0 Å². The van der Waals surface area contributed by atoms with E-state index >= 15 is 0 Å². The smallest absolute Gasteiger partial charge is 0.243 e. The highest BCUT2D eigenvalue weighted by molar-refractivity contribution is 5.74. The zero-order chi connectivity index (χ0) is 14.0. The number of hydrogen-bond donors (Lipinski definition) is 1. The molecule has 0 radical (unpaired) electrons. The van der Waals surface area contributed by atoms with E-state index in [1.54, 1.807) is 0 Å². The highest BCUT2D eigenvalue weighted by atomic mass is 16.6. The van der Waals surface area contributed by atoms with Gasteiger partial charge in [0.15, 0.2) is 6.33 Å². The quantitative estimate of drug-likeness (QED) is 0.576. The molecule has 2 rings (SSSR count). The molecule has 1 aromatic carbocycles. The number of carbonyl (C=O) groups is 1. The molecule has 0 fully saturated rings. The molecule has 2 aromatic rings. The number of nitrogens with zero attached hydrogens (tertiary/aromatic N) is 4. The summed E-state index contributed by atoms with van der Waals surface area (Å²) in [6.45, 7) is 1.04. The standard InChI is InChI=1S/C13H17N5O2/c19-13(8-4-5-9-18-15-11-14-17-18)16-20-10-12-6-2-1-3-7-12/h1-3,6-7,11H,4-5,8-10H2,(H,16,19). The minimum absolute atomic E-state index is 0.118. The highest BCUT2D eigenvalue weighted by Gasteiger charge is 2.02. The van der Waals surface area contributed by atoms with Crippen LogP contribution in [-0.2, 0) is 22.8 Å². The van der Waals surface area contributed by atoms with Crippen LogP contribution in [0.25, 0.3) is 0 Å². The first-order valence-electron chi connectivity index (χ1n) is 6.50. The first-order valence-corrected chi connectivity index (χ1v) is 6.50. The number of amides is 1. The molecule has 0 aliphatic heterocycles. The van der Waals surface area contributed by atoms with Crippen molar-refractivity contribution in [3.8, 4) is 0 Å². The van der Waals surface area contributed by atoms with Crippen LogP contribution in [0, 0.1) is 0 Å². The number of tetrazole rings is 1. The molecule has 0 atom stereocenters. The maximum Gasteiger partial charge on any atom is 0.243 e. The van der Waals surface area contributed by atoms with E-state index < -0.39 is 0 Å². The van der Waals surface area contributed by atoms with Gasteiger partial charge in [-0.3, -0.25) is 9.63 Å². The van der Waals surface area contributed by atoms with Gasteiger partial charge in [-0.15, -0.1) is 10.2 Å². The Bertz CT molecular complexity index is 501. The molecule has 20 heavy (non-hydrogen) atoms. The van der Waals surface area contributed by atoms with Crippen molar-refractivity contribution in [1.29, 1.82) is 0 Å². The van der Waals surface area contributed by atoms with Gasteiger partial charge in [0.2, 0.25) is 5.91 Å². The van der Waals surface area contributed by atoms with Crippen molar-refractivity contribution in [2.75, 3.05) is 0 Å². The number of unbranched alkanes of at least 4 members (excludes halogenated alkanes) is 1. The Labute approximate surface area is 116 Å². The van der Waals surface area contributed by atoms with E-state index in [9.17, 15) is 4.79 Å². The van der Waals surface area contributed by atoms with Crippen molar-refractivity contribution in [3.05, 3.63) is 42.2 Å². The lowest BCUT2D eigenvalue weighted by atomic mass is 10.2. The molecule has 0 spiro atoms. The Kier molecular flexibility index (Phi) is 5.66. The van der Waals surface area contributed by atoms with Crippen LogP contribution in [0.1, 0.15) is 24.8 Å². The van der Waals surface area contributed by atoms with Crippen molar-refractivity contribution >= 4 is 5.91 Å². The van der Waals surface area contributed by atoms with E-state index in [4.69, 9.17) is 4.84 Å². The average molecular weight is 275 g/mol. The Hall–Kier alpha value is -2.28. The Morgan fingerprint density at radius 1 is 1.25 bits per heavy atom. The third-order valence-electron chi connectivity index (χ3n) is 2.67. The van der Waals surface area contributed by atoms with Crippen molar-refractivity contribution < 1.29 is 9.63 Å². The molecule has 0 unspecified atom stereocenters. The molecule has 106 valence electrons. The second-order valence-electron chi connectivity index (χ2n) is 4.29. The second kappa shape index (κ2) is 8.00. The van der Waals surface area contributed by atoms with Crippen molar-refractivity contribution in [2.24, 2.45) is 0 Å². The number of hydrogen-bond acceptors (Lipinski definition) is 5. The zero-order valence-electron chi connectivity index (χ0n) is 11.1. The number of hydroxylamine groups is 1. The second-order valence-corrected chi connectivity index (χ2v) is 4.29. The molecule has 7 heteroatoms. The van der Waals surface area contributed by atoms with Gasteiger partial charge in [-0.1, -0.05) is 30.3 Å². The Balaban J connectivity index is 1.52. The fourth-order valence-electron chi connectivity index (χ4n) is 1.65. The van der Waals surface area contributed by atoms with E-state index in [1.165, 1.54) is 11.1 Å². The average Bonchev–Trinajstić information content (AvgIpc) is 2.98.